The van der Waals surface area contributed by atoms with E-state index in [1.807, 2.05) is 0 Å². The predicted octanol–water partition coefficient (Wildman–Crippen LogP) is 0.496. The Balaban J connectivity index is 2.35. The molecule has 1 atom stereocenters. The van der Waals surface area contributed by atoms with Crippen LogP contribution in [0.1, 0.15) is 34.1 Å². The Labute approximate surface area is 125 Å². The van der Waals surface area contributed by atoms with E-state index >= 15 is 0 Å². The van der Waals surface area contributed by atoms with Crippen LogP contribution in [-0.2, 0) is 14.3 Å². The quantitative estimate of drug-likeness (QED) is 0.723. The Morgan fingerprint density at radius 1 is 1.38 bits per heavy atom. The molecular formula is C14H25N3O4. The fourth-order valence-corrected chi connectivity index (χ4v) is 2.20. The fourth-order valence-electron chi connectivity index (χ4n) is 2.20. The van der Waals surface area contributed by atoms with Crippen molar-refractivity contribution >= 4 is 17.9 Å². The Hall–Kier alpha value is -1.79. The van der Waals surface area contributed by atoms with Gasteiger partial charge in [-0.2, -0.15) is 0 Å². The molecule has 0 aromatic carbocycles. The zero-order valence-electron chi connectivity index (χ0n) is 13.2. The predicted molar refractivity (Wildman–Crippen MR) is 77.6 cm³/mol. The number of carbonyl (C=O) groups is 3. The normalized spacial score (nSPS) is 18.6. The second-order valence-electron chi connectivity index (χ2n) is 6.37. The molecule has 0 aromatic rings. The van der Waals surface area contributed by atoms with Crippen molar-refractivity contribution in [2.24, 2.45) is 5.41 Å². The van der Waals surface area contributed by atoms with Crippen LogP contribution in [0.15, 0.2) is 0 Å². The van der Waals surface area contributed by atoms with Gasteiger partial charge in [-0.05, 0) is 12.3 Å². The number of nitrogens with one attached hydrogen (secondary N) is 2. The van der Waals surface area contributed by atoms with Crippen molar-refractivity contribution < 1.29 is 19.1 Å². The first-order chi connectivity index (χ1) is 9.71. The summed E-state index contributed by atoms with van der Waals surface area (Å²) in [6, 6.07) is -0.680. The van der Waals surface area contributed by atoms with E-state index in [0.717, 1.165) is 0 Å². The van der Waals surface area contributed by atoms with E-state index < -0.39 is 12.0 Å². The van der Waals surface area contributed by atoms with Gasteiger partial charge in [0.25, 0.3) is 0 Å². The SMILES string of the molecule is CCOC(=O)CNC(=O)NC1CC(=O)N(CC(C)(C)C)C1. The lowest BCUT2D eigenvalue weighted by atomic mass is 9.96. The van der Waals surface area contributed by atoms with Crippen molar-refractivity contribution in [2.45, 2.75) is 40.2 Å². The highest BCUT2D eigenvalue weighted by atomic mass is 16.5. The molecule has 0 radical (unpaired) electrons. The van der Waals surface area contributed by atoms with Crippen LogP contribution in [0.3, 0.4) is 0 Å². The van der Waals surface area contributed by atoms with Crippen LogP contribution in [0.2, 0.25) is 0 Å². The molecule has 1 heterocycles. The molecule has 1 fully saturated rings. The maximum absolute atomic E-state index is 11.9. The van der Waals surface area contributed by atoms with Crippen molar-refractivity contribution in [3.05, 3.63) is 0 Å². The molecule has 120 valence electrons. The molecule has 0 saturated carbocycles. The molecule has 1 aliphatic rings. The van der Waals surface area contributed by atoms with E-state index in [4.69, 9.17) is 4.74 Å². The highest BCUT2D eigenvalue weighted by Gasteiger charge is 2.32. The molecule has 1 aliphatic heterocycles. The van der Waals surface area contributed by atoms with E-state index in [-0.39, 0.29) is 30.5 Å². The molecule has 1 rings (SSSR count). The topological polar surface area (TPSA) is 87.7 Å². The summed E-state index contributed by atoms with van der Waals surface area (Å²) in [4.78, 5) is 36.4. The zero-order chi connectivity index (χ0) is 16.0. The Morgan fingerprint density at radius 2 is 2.05 bits per heavy atom. The first-order valence-electron chi connectivity index (χ1n) is 7.19. The summed E-state index contributed by atoms with van der Waals surface area (Å²) >= 11 is 0. The van der Waals surface area contributed by atoms with Crippen LogP contribution < -0.4 is 10.6 Å². The van der Waals surface area contributed by atoms with Crippen molar-refractivity contribution in [1.82, 2.24) is 15.5 Å². The molecule has 0 bridgehead atoms. The van der Waals surface area contributed by atoms with Crippen LogP contribution in [0.4, 0.5) is 4.79 Å². The third-order valence-electron chi connectivity index (χ3n) is 2.91. The van der Waals surface area contributed by atoms with Gasteiger partial charge >= 0.3 is 12.0 Å². The lowest BCUT2D eigenvalue weighted by molar-refractivity contribution is -0.141. The number of nitrogens with zero attached hydrogens (tertiary/aromatic N) is 1. The van der Waals surface area contributed by atoms with E-state index in [2.05, 4.69) is 31.4 Å². The van der Waals surface area contributed by atoms with Crippen LogP contribution in [0.5, 0.6) is 0 Å². The number of carbonyl (C=O) groups excluding carboxylic acids is 3. The van der Waals surface area contributed by atoms with Crippen molar-refractivity contribution in [1.29, 1.82) is 0 Å². The first kappa shape index (κ1) is 17.3. The molecule has 3 amide bonds. The second kappa shape index (κ2) is 7.28. The number of hydrogen-bond donors (Lipinski definition) is 2. The number of amides is 3. The van der Waals surface area contributed by atoms with E-state index in [1.54, 1.807) is 11.8 Å². The summed E-state index contributed by atoms with van der Waals surface area (Å²) < 4.78 is 4.71. The Kier molecular flexibility index (Phi) is 5.99. The van der Waals surface area contributed by atoms with Gasteiger partial charge in [0.15, 0.2) is 0 Å². The lowest BCUT2D eigenvalue weighted by Gasteiger charge is -2.26. The maximum Gasteiger partial charge on any atom is 0.325 e. The summed E-state index contributed by atoms with van der Waals surface area (Å²) in [5.74, 6) is -0.440. The zero-order valence-corrected chi connectivity index (χ0v) is 13.2. The number of ether oxygens (including phenoxy) is 1. The van der Waals surface area contributed by atoms with E-state index in [1.165, 1.54) is 0 Å². The molecule has 1 unspecified atom stereocenters. The number of rotatable bonds is 5. The molecule has 1 saturated heterocycles. The third kappa shape index (κ3) is 6.46. The minimum absolute atomic E-state index is 0.0245. The summed E-state index contributed by atoms with van der Waals surface area (Å²) in [7, 11) is 0. The van der Waals surface area contributed by atoms with Crippen molar-refractivity contribution in [3.8, 4) is 0 Å². The Bertz CT molecular complexity index is 404. The summed E-state index contributed by atoms with van der Waals surface area (Å²) in [6.45, 7) is 9.16. The van der Waals surface area contributed by atoms with E-state index in [9.17, 15) is 14.4 Å². The van der Waals surface area contributed by atoms with Crippen LogP contribution >= 0.6 is 0 Å². The minimum atomic E-state index is -0.482. The summed E-state index contributed by atoms with van der Waals surface area (Å²) in [6.07, 6.45) is 0.295. The fraction of sp³-hybridized carbons (Fsp3) is 0.786. The third-order valence-corrected chi connectivity index (χ3v) is 2.91. The summed E-state index contributed by atoms with van der Waals surface area (Å²) in [5.41, 5.74) is 0.0245. The number of hydrogen-bond acceptors (Lipinski definition) is 4. The van der Waals surface area contributed by atoms with Crippen molar-refractivity contribution in [2.75, 3.05) is 26.2 Å². The first-order valence-corrected chi connectivity index (χ1v) is 7.19. The lowest BCUT2D eigenvalue weighted by Crippen LogP contribution is -2.45. The largest absolute Gasteiger partial charge is 0.465 e. The molecule has 0 spiro atoms. The smallest absolute Gasteiger partial charge is 0.325 e. The van der Waals surface area contributed by atoms with Gasteiger partial charge in [0.2, 0.25) is 5.91 Å². The molecule has 7 nitrogen and oxygen atoms in total. The van der Waals surface area contributed by atoms with Gasteiger partial charge in [-0.3, -0.25) is 9.59 Å². The monoisotopic (exact) mass is 299 g/mol. The van der Waals surface area contributed by atoms with Crippen LogP contribution in [0, 0.1) is 5.41 Å². The number of esters is 1. The van der Waals surface area contributed by atoms with Gasteiger partial charge in [0, 0.05) is 19.5 Å². The van der Waals surface area contributed by atoms with Crippen molar-refractivity contribution in [3.63, 3.8) is 0 Å². The molecular weight excluding hydrogens is 274 g/mol. The van der Waals surface area contributed by atoms with Gasteiger partial charge in [-0.25, -0.2) is 4.79 Å². The highest BCUT2D eigenvalue weighted by molar-refractivity contribution is 5.83. The summed E-state index contributed by atoms with van der Waals surface area (Å²) in [5, 5.41) is 5.12. The molecule has 2 N–H and O–H groups in total. The molecule has 21 heavy (non-hydrogen) atoms. The molecule has 0 aliphatic carbocycles. The standard InChI is InChI=1S/C14H25N3O4/c1-5-21-12(19)7-15-13(20)16-10-6-11(18)17(8-10)9-14(2,3)4/h10H,5-9H2,1-4H3,(H2,15,16,20). The van der Waals surface area contributed by atoms with E-state index in [0.29, 0.717) is 19.5 Å². The molecule has 7 heteroatoms. The average molecular weight is 299 g/mol. The van der Waals surface area contributed by atoms with Gasteiger partial charge < -0.3 is 20.3 Å². The van der Waals surface area contributed by atoms with Crippen LogP contribution in [0.25, 0.3) is 0 Å². The highest BCUT2D eigenvalue weighted by Crippen LogP contribution is 2.20. The maximum atomic E-state index is 11.9. The Morgan fingerprint density at radius 3 is 2.62 bits per heavy atom. The number of likely N-dealkylation sites (tertiary alicyclic amines) is 1. The number of urea groups is 1. The molecule has 0 aromatic heterocycles. The van der Waals surface area contributed by atoms with Gasteiger partial charge in [0.05, 0.1) is 12.6 Å². The minimum Gasteiger partial charge on any atom is -0.465 e. The van der Waals surface area contributed by atoms with Gasteiger partial charge in [-0.15, -0.1) is 0 Å². The second-order valence-corrected chi connectivity index (χ2v) is 6.37. The van der Waals surface area contributed by atoms with Crippen LogP contribution in [-0.4, -0.2) is 55.1 Å². The van der Waals surface area contributed by atoms with Gasteiger partial charge in [0.1, 0.15) is 6.54 Å². The van der Waals surface area contributed by atoms with Gasteiger partial charge in [-0.1, -0.05) is 20.8 Å². The average Bonchev–Trinajstić information content (AvgIpc) is 2.65.